The Bertz CT molecular complexity index is 1010. The highest BCUT2D eigenvalue weighted by Crippen LogP contribution is 2.36. The highest BCUT2D eigenvalue weighted by molar-refractivity contribution is 5.77. The van der Waals surface area contributed by atoms with Crippen LogP contribution in [0.25, 0.3) is 11.1 Å². The van der Waals surface area contributed by atoms with Crippen molar-refractivity contribution in [3.63, 3.8) is 0 Å². The Morgan fingerprint density at radius 2 is 2.13 bits per heavy atom. The maximum atomic E-state index is 13.1. The molecular weight excluding hydrogens is 382 g/mol. The molecule has 0 bridgehead atoms. The van der Waals surface area contributed by atoms with Crippen LogP contribution in [0.4, 0.5) is 0 Å². The number of aromatic nitrogens is 4. The third kappa shape index (κ3) is 4.32. The van der Waals surface area contributed by atoms with Crippen LogP contribution in [0.3, 0.4) is 0 Å². The monoisotopic (exact) mass is 407 g/mol. The number of amides is 1. The summed E-state index contributed by atoms with van der Waals surface area (Å²) in [7, 11) is 1.54. The van der Waals surface area contributed by atoms with Gasteiger partial charge in [0.25, 0.3) is 5.88 Å². The first-order chi connectivity index (χ1) is 14.7. The highest BCUT2D eigenvalue weighted by Gasteiger charge is 2.31. The lowest BCUT2D eigenvalue weighted by atomic mass is 9.93. The molecule has 0 unspecified atom stereocenters. The lowest BCUT2D eigenvalue weighted by Crippen LogP contribution is -2.39. The molecule has 1 aliphatic heterocycles. The molecule has 1 aliphatic rings. The van der Waals surface area contributed by atoms with Crippen LogP contribution in [0.1, 0.15) is 49.0 Å². The van der Waals surface area contributed by atoms with Gasteiger partial charge in [0.2, 0.25) is 5.91 Å². The second-order valence-electron chi connectivity index (χ2n) is 7.39. The van der Waals surface area contributed by atoms with Gasteiger partial charge in [0.1, 0.15) is 11.6 Å². The van der Waals surface area contributed by atoms with Gasteiger partial charge >= 0.3 is 0 Å². The molecule has 1 saturated heterocycles. The van der Waals surface area contributed by atoms with E-state index in [1.807, 2.05) is 30.2 Å². The average molecular weight is 407 g/mol. The Morgan fingerprint density at radius 3 is 2.90 bits per heavy atom. The second-order valence-corrected chi connectivity index (χ2v) is 7.39. The quantitative estimate of drug-likeness (QED) is 0.617. The van der Waals surface area contributed by atoms with E-state index in [9.17, 15) is 4.79 Å². The van der Waals surface area contributed by atoms with Gasteiger partial charge in [0, 0.05) is 49.6 Å². The van der Waals surface area contributed by atoms with Gasteiger partial charge in [-0.2, -0.15) is 0 Å². The molecule has 0 aliphatic carbocycles. The van der Waals surface area contributed by atoms with Crippen LogP contribution in [-0.4, -0.2) is 44.6 Å². The van der Waals surface area contributed by atoms with Crippen molar-refractivity contribution in [2.45, 2.75) is 45.1 Å². The molecule has 1 atom stereocenters. The third-order valence-electron chi connectivity index (χ3n) is 5.40. The first-order valence-electron chi connectivity index (χ1n) is 10.2. The predicted octanol–water partition coefficient (Wildman–Crippen LogP) is 3.53. The SMILES string of the molecule is COc1cc(CCC(=O)N2CCCC[C@@H]2c2nc(C)ncc2-c2ccncc2)on1. The van der Waals surface area contributed by atoms with Gasteiger partial charge < -0.3 is 14.2 Å². The Morgan fingerprint density at radius 1 is 1.30 bits per heavy atom. The normalized spacial score (nSPS) is 16.5. The minimum Gasteiger partial charge on any atom is -0.479 e. The lowest BCUT2D eigenvalue weighted by Gasteiger charge is -2.36. The number of carbonyl (C=O) groups is 1. The smallest absolute Gasteiger partial charge is 0.254 e. The first kappa shape index (κ1) is 20.0. The summed E-state index contributed by atoms with van der Waals surface area (Å²) in [6, 6.07) is 5.55. The van der Waals surface area contributed by atoms with Gasteiger partial charge in [-0.05, 0) is 49.0 Å². The van der Waals surface area contributed by atoms with E-state index in [1.165, 1.54) is 7.11 Å². The second kappa shape index (κ2) is 9.02. The number of aryl methyl sites for hydroxylation is 2. The summed E-state index contributed by atoms with van der Waals surface area (Å²) in [5.41, 5.74) is 2.86. The van der Waals surface area contributed by atoms with Crippen LogP contribution in [0, 0.1) is 6.92 Å². The van der Waals surface area contributed by atoms with E-state index in [0.717, 1.165) is 42.6 Å². The topological polar surface area (TPSA) is 94.2 Å². The van der Waals surface area contributed by atoms with Crippen LogP contribution in [-0.2, 0) is 11.2 Å². The number of pyridine rings is 1. The molecular formula is C22H25N5O3. The molecule has 0 spiro atoms. The number of carbonyl (C=O) groups excluding carboxylic acids is 1. The van der Waals surface area contributed by atoms with Gasteiger partial charge in [0.05, 0.1) is 18.8 Å². The molecule has 8 nitrogen and oxygen atoms in total. The van der Waals surface area contributed by atoms with Gasteiger partial charge in [-0.1, -0.05) is 0 Å². The van der Waals surface area contributed by atoms with Crippen molar-refractivity contribution in [2.75, 3.05) is 13.7 Å². The number of likely N-dealkylation sites (tertiary alicyclic amines) is 1. The summed E-state index contributed by atoms with van der Waals surface area (Å²) in [6.07, 6.45) is 9.14. The van der Waals surface area contributed by atoms with Crippen LogP contribution in [0.2, 0.25) is 0 Å². The van der Waals surface area contributed by atoms with E-state index < -0.39 is 0 Å². The maximum Gasteiger partial charge on any atom is 0.254 e. The molecule has 3 aromatic rings. The minimum atomic E-state index is -0.0691. The number of methoxy groups -OCH3 is 1. The van der Waals surface area contributed by atoms with E-state index in [0.29, 0.717) is 30.3 Å². The Kier molecular flexibility index (Phi) is 6.02. The number of rotatable bonds is 6. The zero-order valence-corrected chi connectivity index (χ0v) is 17.2. The van der Waals surface area contributed by atoms with Gasteiger partial charge in [0.15, 0.2) is 0 Å². The fourth-order valence-electron chi connectivity index (χ4n) is 3.89. The van der Waals surface area contributed by atoms with E-state index in [-0.39, 0.29) is 11.9 Å². The first-order valence-corrected chi connectivity index (χ1v) is 10.2. The standard InChI is InChI=1S/C22H25N5O3/c1-15-24-14-18(16-8-10-23-11-9-16)22(25-15)19-5-3-4-12-27(19)21(28)7-6-17-13-20(29-2)26-30-17/h8-11,13-14,19H,3-7,12H2,1-2H3/t19-/m1/s1. The van der Waals surface area contributed by atoms with Gasteiger partial charge in [-0.25, -0.2) is 9.97 Å². The Labute approximate surface area is 175 Å². The summed E-state index contributed by atoms with van der Waals surface area (Å²) >= 11 is 0. The fourth-order valence-corrected chi connectivity index (χ4v) is 3.89. The van der Waals surface area contributed by atoms with Gasteiger partial charge in [-0.3, -0.25) is 9.78 Å². The number of hydrogen-bond donors (Lipinski definition) is 0. The van der Waals surface area contributed by atoms with E-state index in [2.05, 4.69) is 15.1 Å². The molecule has 0 radical (unpaired) electrons. The molecule has 0 saturated carbocycles. The zero-order chi connectivity index (χ0) is 20.9. The molecule has 30 heavy (non-hydrogen) atoms. The molecule has 1 amide bonds. The van der Waals surface area contributed by atoms with Gasteiger partial charge in [-0.15, -0.1) is 0 Å². The molecule has 1 fully saturated rings. The van der Waals surface area contributed by atoms with Crippen LogP contribution < -0.4 is 4.74 Å². The van der Waals surface area contributed by atoms with E-state index in [1.54, 1.807) is 18.5 Å². The van der Waals surface area contributed by atoms with Crippen molar-refractivity contribution in [3.8, 4) is 17.0 Å². The largest absolute Gasteiger partial charge is 0.479 e. The Balaban J connectivity index is 1.58. The third-order valence-corrected chi connectivity index (χ3v) is 5.40. The molecule has 8 heteroatoms. The summed E-state index contributed by atoms with van der Waals surface area (Å²) in [4.78, 5) is 28.4. The number of nitrogens with zero attached hydrogens (tertiary/aromatic N) is 5. The summed E-state index contributed by atoms with van der Waals surface area (Å²) < 4.78 is 10.3. The van der Waals surface area contributed by atoms with Crippen molar-refractivity contribution in [1.29, 1.82) is 0 Å². The lowest BCUT2D eigenvalue weighted by molar-refractivity contribution is -0.135. The minimum absolute atomic E-state index is 0.0691. The van der Waals surface area contributed by atoms with Crippen LogP contribution >= 0.6 is 0 Å². The van der Waals surface area contributed by atoms with Crippen molar-refractivity contribution in [3.05, 3.63) is 54.1 Å². The highest BCUT2D eigenvalue weighted by atomic mass is 16.5. The van der Waals surface area contributed by atoms with Crippen molar-refractivity contribution in [1.82, 2.24) is 25.0 Å². The number of ether oxygens (including phenoxy) is 1. The van der Waals surface area contributed by atoms with Crippen molar-refractivity contribution < 1.29 is 14.1 Å². The number of piperidine rings is 1. The summed E-state index contributed by atoms with van der Waals surface area (Å²) in [5, 5.41) is 3.80. The summed E-state index contributed by atoms with van der Waals surface area (Å²) in [6.45, 7) is 2.61. The summed E-state index contributed by atoms with van der Waals surface area (Å²) in [5.74, 6) is 1.86. The van der Waals surface area contributed by atoms with E-state index >= 15 is 0 Å². The van der Waals surface area contributed by atoms with Crippen molar-refractivity contribution in [2.24, 2.45) is 0 Å². The van der Waals surface area contributed by atoms with Crippen LogP contribution in [0.15, 0.2) is 41.3 Å². The number of hydrogen-bond acceptors (Lipinski definition) is 7. The average Bonchev–Trinajstić information content (AvgIpc) is 3.26. The van der Waals surface area contributed by atoms with Crippen LogP contribution in [0.5, 0.6) is 5.88 Å². The molecule has 0 aromatic carbocycles. The maximum absolute atomic E-state index is 13.1. The van der Waals surface area contributed by atoms with Crippen molar-refractivity contribution >= 4 is 5.91 Å². The molecule has 4 heterocycles. The fraction of sp³-hybridized carbons (Fsp3) is 0.409. The predicted molar refractivity (Wildman–Crippen MR) is 110 cm³/mol. The molecule has 4 rings (SSSR count). The molecule has 156 valence electrons. The Hall–Kier alpha value is -3.29. The molecule has 0 N–H and O–H groups in total. The van der Waals surface area contributed by atoms with E-state index in [4.69, 9.17) is 14.2 Å². The zero-order valence-electron chi connectivity index (χ0n) is 17.2. The molecule has 3 aromatic heterocycles.